The van der Waals surface area contributed by atoms with Crippen molar-refractivity contribution in [2.75, 3.05) is 0 Å². The molecule has 0 bridgehead atoms. The second-order valence-corrected chi connectivity index (χ2v) is 3.68. The van der Waals surface area contributed by atoms with Gasteiger partial charge in [0.25, 0.3) is 0 Å². The molecule has 0 heterocycles. The molecule has 1 N–H and O–H groups in total. The molecule has 0 spiro atoms. The first-order valence-corrected chi connectivity index (χ1v) is 4.45. The minimum atomic E-state index is -0.410. The molecule has 0 aromatic carbocycles. The second kappa shape index (κ2) is 3.85. The summed E-state index contributed by atoms with van der Waals surface area (Å²) in [4.78, 5) is 11.1. The molecule has 2 nitrogen and oxygen atoms in total. The first-order valence-electron chi connectivity index (χ1n) is 4.45. The lowest BCUT2D eigenvalue weighted by molar-refractivity contribution is -0.120. The van der Waals surface area contributed by atoms with E-state index >= 15 is 0 Å². The van der Waals surface area contributed by atoms with Crippen molar-refractivity contribution in [3.8, 4) is 0 Å². The standard InChI is InChI=1S/C10H16O2/c1-3-4-8(11)6-10(12)9-5-7(9)2/h3,7,9-10,12H,1,4-6H2,2H3/t7-,9-,10+/m1/s1. The highest BCUT2D eigenvalue weighted by Gasteiger charge is 2.38. The van der Waals surface area contributed by atoms with Gasteiger partial charge in [-0.1, -0.05) is 13.0 Å². The Kier molecular flexibility index (Phi) is 3.04. The van der Waals surface area contributed by atoms with Crippen LogP contribution >= 0.6 is 0 Å². The van der Waals surface area contributed by atoms with Crippen LogP contribution in [0.15, 0.2) is 12.7 Å². The van der Waals surface area contributed by atoms with Crippen LogP contribution in [0.4, 0.5) is 0 Å². The molecule has 0 amide bonds. The fourth-order valence-corrected chi connectivity index (χ4v) is 1.52. The van der Waals surface area contributed by atoms with E-state index in [2.05, 4.69) is 13.5 Å². The molecule has 1 fully saturated rings. The number of aliphatic hydroxyl groups excluding tert-OH is 1. The second-order valence-electron chi connectivity index (χ2n) is 3.68. The lowest BCUT2D eigenvalue weighted by Crippen LogP contribution is -2.15. The maximum Gasteiger partial charge on any atom is 0.139 e. The number of carbonyl (C=O) groups excluding carboxylic acids is 1. The Balaban J connectivity index is 2.21. The van der Waals surface area contributed by atoms with Gasteiger partial charge in [0.1, 0.15) is 5.78 Å². The Hall–Kier alpha value is -0.630. The number of hydrogen-bond donors (Lipinski definition) is 1. The van der Waals surface area contributed by atoms with Crippen LogP contribution in [0, 0.1) is 11.8 Å². The van der Waals surface area contributed by atoms with Gasteiger partial charge in [-0.15, -0.1) is 6.58 Å². The van der Waals surface area contributed by atoms with E-state index < -0.39 is 6.10 Å². The van der Waals surface area contributed by atoms with Crippen molar-refractivity contribution in [2.45, 2.75) is 32.3 Å². The van der Waals surface area contributed by atoms with Crippen molar-refractivity contribution in [3.63, 3.8) is 0 Å². The molecule has 0 radical (unpaired) electrons. The molecule has 1 aliphatic rings. The van der Waals surface area contributed by atoms with Gasteiger partial charge in [-0.05, 0) is 18.3 Å². The van der Waals surface area contributed by atoms with Gasteiger partial charge in [0.2, 0.25) is 0 Å². The predicted molar refractivity (Wildman–Crippen MR) is 47.7 cm³/mol. The largest absolute Gasteiger partial charge is 0.392 e. The molecule has 1 saturated carbocycles. The van der Waals surface area contributed by atoms with Gasteiger partial charge >= 0.3 is 0 Å². The van der Waals surface area contributed by atoms with Gasteiger partial charge in [0.05, 0.1) is 6.10 Å². The normalized spacial score (nSPS) is 29.5. The summed E-state index contributed by atoms with van der Waals surface area (Å²) < 4.78 is 0. The molecule has 0 saturated heterocycles. The van der Waals surface area contributed by atoms with Gasteiger partial charge in [-0.25, -0.2) is 0 Å². The molecular weight excluding hydrogens is 152 g/mol. The summed E-state index contributed by atoms with van der Waals surface area (Å²) in [6.45, 7) is 5.58. The number of allylic oxidation sites excluding steroid dienone is 1. The number of carbonyl (C=O) groups is 1. The van der Waals surface area contributed by atoms with Gasteiger partial charge in [-0.2, -0.15) is 0 Å². The van der Waals surface area contributed by atoms with E-state index in [9.17, 15) is 9.90 Å². The van der Waals surface area contributed by atoms with Gasteiger partial charge < -0.3 is 5.11 Å². The van der Waals surface area contributed by atoms with Gasteiger partial charge in [0, 0.05) is 12.8 Å². The fraction of sp³-hybridized carbons (Fsp3) is 0.700. The first-order chi connectivity index (χ1) is 5.65. The lowest BCUT2D eigenvalue weighted by atomic mass is 10.1. The van der Waals surface area contributed by atoms with E-state index in [1.54, 1.807) is 6.08 Å². The zero-order valence-corrected chi connectivity index (χ0v) is 7.49. The zero-order valence-electron chi connectivity index (χ0n) is 7.49. The van der Waals surface area contributed by atoms with Gasteiger partial charge in [0.15, 0.2) is 0 Å². The highest BCUT2D eigenvalue weighted by molar-refractivity contribution is 5.80. The van der Waals surface area contributed by atoms with E-state index in [-0.39, 0.29) is 5.78 Å². The zero-order chi connectivity index (χ0) is 9.14. The Morgan fingerprint density at radius 2 is 2.42 bits per heavy atom. The summed E-state index contributed by atoms with van der Waals surface area (Å²) >= 11 is 0. The van der Waals surface area contributed by atoms with Crippen LogP contribution in [-0.2, 0) is 4.79 Å². The summed E-state index contributed by atoms with van der Waals surface area (Å²) in [7, 11) is 0. The molecule has 68 valence electrons. The molecular formula is C10H16O2. The topological polar surface area (TPSA) is 37.3 Å². The number of ketones is 1. The van der Waals surface area contributed by atoms with Crippen LogP contribution < -0.4 is 0 Å². The molecule has 1 rings (SSSR count). The molecule has 3 atom stereocenters. The van der Waals surface area contributed by atoms with Crippen LogP contribution in [0.5, 0.6) is 0 Å². The fourth-order valence-electron chi connectivity index (χ4n) is 1.52. The third-order valence-corrected chi connectivity index (χ3v) is 2.47. The molecule has 2 heteroatoms. The molecule has 0 aliphatic heterocycles. The summed E-state index contributed by atoms with van der Waals surface area (Å²) in [5.41, 5.74) is 0. The van der Waals surface area contributed by atoms with E-state index in [0.717, 1.165) is 6.42 Å². The smallest absolute Gasteiger partial charge is 0.139 e. The number of aliphatic hydroxyl groups is 1. The summed E-state index contributed by atoms with van der Waals surface area (Å²) in [6, 6.07) is 0. The molecule has 12 heavy (non-hydrogen) atoms. The van der Waals surface area contributed by atoms with Crippen molar-refractivity contribution in [1.82, 2.24) is 0 Å². The molecule has 1 aliphatic carbocycles. The SMILES string of the molecule is C=CCC(=O)C[C@H](O)[C@@H]1C[C@H]1C. The quantitative estimate of drug-likeness (QED) is 0.632. The van der Waals surface area contributed by atoms with Crippen LogP contribution in [0.1, 0.15) is 26.2 Å². The maximum absolute atomic E-state index is 11.1. The Morgan fingerprint density at radius 1 is 1.83 bits per heavy atom. The van der Waals surface area contributed by atoms with Crippen molar-refractivity contribution in [2.24, 2.45) is 11.8 Å². The van der Waals surface area contributed by atoms with Crippen molar-refractivity contribution >= 4 is 5.78 Å². The van der Waals surface area contributed by atoms with Gasteiger partial charge in [-0.3, -0.25) is 4.79 Å². The van der Waals surface area contributed by atoms with E-state index in [1.807, 2.05) is 0 Å². The number of rotatable bonds is 5. The van der Waals surface area contributed by atoms with E-state index in [1.165, 1.54) is 0 Å². The molecule has 0 unspecified atom stereocenters. The van der Waals surface area contributed by atoms with Crippen LogP contribution in [0.3, 0.4) is 0 Å². The van der Waals surface area contributed by atoms with E-state index in [0.29, 0.717) is 24.7 Å². The Labute approximate surface area is 73.3 Å². The van der Waals surface area contributed by atoms with Crippen molar-refractivity contribution in [1.29, 1.82) is 0 Å². The highest BCUT2D eigenvalue weighted by atomic mass is 16.3. The van der Waals surface area contributed by atoms with Crippen LogP contribution in [0.2, 0.25) is 0 Å². The van der Waals surface area contributed by atoms with Crippen LogP contribution in [-0.4, -0.2) is 17.0 Å². The Bertz CT molecular complexity index is 186. The highest BCUT2D eigenvalue weighted by Crippen LogP contribution is 2.41. The average molecular weight is 168 g/mol. The predicted octanol–water partition coefficient (Wildman–Crippen LogP) is 1.54. The third-order valence-electron chi connectivity index (χ3n) is 2.47. The Morgan fingerprint density at radius 3 is 2.83 bits per heavy atom. The average Bonchev–Trinajstić information content (AvgIpc) is 2.67. The van der Waals surface area contributed by atoms with E-state index in [4.69, 9.17) is 0 Å². The van der Waals surface area contributed by atoms with Crippen LogP contribution in [0.25, 0.3) is 0 Å². The first kappa shape index (κ1) is 9.46. The number of hydrogen-bond acceptors (Lipinski definition) is 2. The summed E-state index contributed by atoms with van der Waals surface area (Å²) in [6.07, 6.45) is 2.94. The summed E-state index contributed by atoms with van der Waals surface area (Å²) in [5.74, 6) is 1.08. The third kappa shape index (κ3) is 2.45. The maximum atomic E-state index is 11.1. The lowest BCUT2D eigenvalue weighted by Gasteiger charge is -2.06. The molecule has 0 aromatic heterocycles. The minimum Gasteiger partial charge on any atom is -0.392 e. The number of Topliss-reactive ketones (excluding diaryl/α,β-unsaturated/α-hetero) is 1. The molecule has 0 aromatic rings. The van der Waals surface area contributed by atoms with Crippen molar-refractivity contribution in [3.05, 3.63) is 12.7 Å². The monoisotopic (exact) mass is 168 g/mol. The summed E-state index contributed by atoms with van der Waals surface area (Å²) in [5, 5.41) is 9.50. The van der Waals surface area contributed by atoms with Crippen molar-refractivity contribution < 1.29 is 9.90 Å². The minimum absolute atomic E-state index is 0.0941.